The van der Waals surface area contributed by atoms with Gasteiger partial charge in [0.2, 0.25) is 0 Å². The number of ether oxygens (including phenoxy) is 2. The van der Waals surface area contributed by atoms with Gasteiger partial charge in [0.25, 0.3) is 0 Å². The number of rotatable bonds is 12. The normalized spacial score (nSPS) is 13.4. The maximum absolute atomic E-state index is 13.0. The van der Waals surface area contributed by atoms with E-state index in [1.807, 2.05) is 54.6 Å². The molecule has 0 amide bonds. The van der Waals surface area contributed by atoms with Crippen LogP contribution in [0.1, 0.15) is 58.1 Å². The Morgan fingerprint density at radius 1 is 0.935 bits per heavy atom. The monoisotopic (exact) mass is 446 g/mol. The fraction of sp³-hybridized carbons (Fsp3) is 0.538. The molecule has 2 rings (SSSR count). The lowest BCUT2D eigenvalue weighted by Gasteiger charge is -2.20. The van der Waals surface area contributed by atoms with Crippen molar-refractivity contribution in [1.82, 2.24) is 0 Å². The van der Waals surface area contributed by atoms with Crippen LogP contribution in [-0.2, 0) is 14.6 Å². The van der Waals surface area contributed by atoms with Crippen LogP contribution in [0.2, 0.25) is 0 Å². The van der Waals surface area contributed by atoms with Gasteiger partial charge < -0.3 is 9.47 Å². The van der Waals surface area contributed by atoms with Crippen LogP contribution in [0.15, 0.2) is 54.6 Å². The van der Waals surface area contributed by atoms with E-state index in [1.165, 1.54) is 0 Å². The third kappa shape index (κ3) is 9.88. The van der Waals surface area contributed by atoms with Gasteiger partial charge in [-0.15, -0.1) is 0 Å². The second-order valence-corrected chi connectivity index (χ2v) is 12.1. The fourth-order valence-corrected chi connectivity index (χ4v) is 4.87. The Hall–Kier alpha value is -1.85. The van der Waals surface area contributed by atoms with E-state index in [0.29, 0.717) is 32.2 Å². The minimum absolute atomic E-state index is 0.0733. The Kier molecular flexibility index (Phi) is 9.57. The molecule has 5 heteroatoms. The van der Waals surface area contributed by atoms with Gasteiger partial charge >= 0.3 is 0 Å². The fourth-order valence-electron chi connectivity index (χ4n) is 3.25. The number of sulfone groups is 1. The van der Waals surface area contributed by atoms with Crippen molar-refractivity contribution in [1.29, 1.82) is 0 Å². The summed E-state index contributed by atoms with van der Waals surface area (Å²) in [5, 5.41) is 0. The molecule has 0 bridgehead atoms. The van der Waals surface area contributed by atoms with E-state index in [-0.39, 0.29) is 22.8 Å². The van der Waals surface area contributed by atoms with Crippen LogP contribution in [0.25, 0.3) is 0 Å². The minimum Gasteiger partial charge on any atom is -0.493 e. The van der Waals surface area contributed by atoms with Crippen molar-refractivity contribution >= 4 is 9.84 Å². The van der Waals surface area contributed by atoms with Gasteiger partial charge in [-0.1, -0.05) is 77.1 Å². The highest BCUT2D eigenvalue weighted by atomic mass is 32.2. The average Bonchev–Trinajstić information content (AvgIpc) is 2.70. The predicted octanol–water partition coefficient (Wildman–Crippen LogP) is 5.72. The highest BCUT2D eigenvalue weighted by Gasteiger charge is 2.23. The van der Waals surface area contributed by atoms with Gasteiger partial charge in [0.15, 0.2) is 9.84 Å². The Balaban J connectivity index is 2.12. The Labute approximate surface area is 188 Å². The first-order chi connectivity index (χ1) is 14.6. The molecule has 0 aromatic heterocycles. The van der Waals surface area contributed by atoms with Crippen LogP contribution >= 0.6 is 0 Å². The van der Waals surface area contributed by atoms with Crippen LogP contribution in [0.3, 0.4) is 0 Å². The first kappa shape index (κ1) is 25.4. The van der Waals surface area contributed by atoms with Crippen LogP contribution in [0, 0.1) is 11.3 Å². The van der Waals surface area contributed by atoms with E-state index in [1.54, 1.807) is 0 Å². The van der Waals surface area contributed by atoms with Gasteiger partial charge in [-0.3, -0.25) is 0 Å². The molecule has 0 aliphatic rings. The van der Waals surface area contributed by atoms with Gasteiger partial charge in [-0.2, -0.15) is 0 Å². The minimum atomic E-state index is -3.25. The van der Waals surface area contributed by atoms with Crippen LogP contribution in [-0.4, -0.2) is 39.7 Å². The first-order valence-corrected chi connectivity index (χ1v) is 12.9. The zero-order valence-electron chi connectivity index (χ0n) is 19.6. The quantitative estimate of drug-likeness (QED) is 0.391. The number of benzene rings is 2. The highest BCUT2D eigenvalue weighted by molar-refractivity contribution is 7.91. The molecule has 172 valence electrons. The van der Waals surface area contributed by atoms with Crippen molar-refractivity contribution in [3.05, 3.63) is 65.7 Å². The molecule has 2 aromatic carbocycles. The smallest absolute Gasteiger partial charge is 0.151 e. The molecule has 2 aromatic rings. The van der Waals surface area contributed by atoms with Crippen molar-refractivity contribution in [2.24, 2.45) is 11.3 Å². The summed E-state index contributed by atoms with van der Waals surface area (Å²) >= 11 is 0. The molecule has 0 saturated heterocycles. The van der Waals surface area contributed by atoms with Crippen LogP contribution in [0.5, 0.6) is 5.75 Å². The van der Waals surface area contributed by atoms with Crippen molar-refractivity contribution in [3.63, 3.8) is 0 Å². The lowest BCUT2D eigenvalue weighted by Crippen LogP contribution is -2.21. The van der Waals surface area contributed by atoms with Gasteiger partial charge in [0.05, 0.1) is 24.7 Å². The summed E-state index contributed by atoms with van der Waals surface area (Å²) in [6, 6.07) is 17.7. The van der Waals surface area contributed by atoms with Gasteiger partial charge in [-0.25, -0.2) is 8.42 Å². The first-order valence-electron chi connectivity index (χ1n) is 11.1. The molecular formula is C26H38O4S. The van der Waals surface area contributed by atoms with E-state index in [0.717, 1.165) is 16.9 Å². The molecule has 0 aliphatic carbocycles. The third-order valence-corrected chi connectivity index (χ3v) is 6.50. The zero-order valence-corrected chi connectivity index (χ0v) is 20.5. The van der Waals surface area contributed by atoms with Gasteiger partial charge in [0, 0.05) is 12.5 Å². The lowest BCUT2D eigenvalue weighted by molar-refractivity contribution is 0.0720. The molecular weight excluding hydrogens is 408 g/mol. The van der Waals surface area contributed by atoms with E-state index in [4.69, 9.17) is 9.47 Å². The Bertz CT molecular complexity index is 883. The van der Waals surface area contributed by atoms with Crippen LogP contribution < -0.4 is 4.74 Å². The van der Waals surface area contributed by atoms with Crippen LogP contribution in [0.4, 0.5) is 0 Å². The maximum atomic E-state index is 13.0. The largest absolute Gasteiger partial charge is 0.493 e. The standard InChI is InChI=1S/C26H38O4S/c1-21(2)18-30-24-14-9-13-23(17-24)25(22-11-7-6-8-12-22)19-31(27,28)16-10-15-29-20-26(3,4)5/h6-9,11-14,17,21,25H,10,15-16,18-20H2,1-5H3. The summed E-state index contributed by atoms with van der Waals surface area (Å²) in [6.45, 7) is 12.2. The molecule has 31 heavy (non-hydrogen) atoms. The molecule has 0 spiro atoms. The Morgan fingerprint density at radius 3 is 2.26 bits per heavy atom. The number of hydrogen-bond donors (Lipinski definition) is 0. The molecule has 0 fully saturated rings. The van der Waals surface area contributed by atoms with E-state index in [2.05, 4.69) is 34.6 Å². The topological polar surface area (TPSA) is 52.6 Å². The summed E-state index contributed by atoms with van der Waals surface area (Å²) in [6.07, 6.45) is 0.511. The molecule has 0 N–H and O–H groups in total. The SMILES string of the molecule is CC(C)COc1cccc(C(CS(=O)(=O)CCCOCC(C)(C)C)c2ccccc2)c1. The van der Waals surface area contributed by atoms with E-state index < -0.39 is 9.84 Å². The maximum Gasteiger partial charge on any atom is 0.151 e. The molecule has 0 saturated carbocycles. The van der Waals surface area contributed by atoms with Gasteiger partial charge in [-0.05, 0) is 41.0 Å². The second-order valence-electron chi connectivity index (χ2n) is 9.82. The second kappa shape index (κ2) is 11.7. The summed E-state index contributed by atoms with van der Waals surface area (Å²) in [5.74, 6) is 1.17. The average molecular weight is 447 g/mol. The van der Waals surface area contributed by atoms with Crippen molar-refractivity contribution in [2.75, 3.05) is 31.3 Å². The highest BCUT2D eigenvalue weighted by Crippen LogP contribution is 2.29. The summed E-state index contributed by atoms with van der Waals surface area (Å²) < 4.78 is 37.4. The summed E-state index contributed by atoms with van der Waals surface area (Å²) in [5.41, 5.74) is 2.04. The zero-order chi connectivity index (χ0) is 22.9. The molecule has 0 radical (unpaired) electrons. The predicted molar refractivity (Wildman–Crippen MR) is 129 cm³/mol. The van der Waals surface area contributed by atoms with Crippen molar-refractivity contribution in [3.8, 4) is 5.75 Å². The summed E-state index contributed by atoms with van der Waals surface area (Å²) in [4.78, 5) is 0. The third-order valence-electron chi connectivity index (χ3n) is 4.75. The number of hydrogen-bond acceptors (Lipinski definition) is 4. The van der Waals surface area contributed by atoms with E-state index in [9.17, 15) is 8.42 Å². The molecule has 0 aliphatic heterocycles. The van der Waals surface area contributed by atoms with Crippen molar-refractivity contribution < 1.29 is 17.9 Å². The van der Waals surface area contributed by atoms with Crippen molar-refractivity contribution in [2.45, 2.75) is 47.0 Å². The molecule has 4 nitrogen and oxygen atoms in total. The molecule has 1 atom stereocenters. The Morgan fingerprint density at radius 2 is 1.61 bits per heavy atom. The molecule has 0 heterocycles. The lowest BCUT2D eigenvalue weighted by atomic mass is 9.93. The molecule has 1 unspecified atom stereocenters. The summed E-state index contributed by atoms with van der Waals surface area (Å²) in [7, 11) is -3.25. The van der Waals surface area contributed by atoms with Gasteiger partial charge in [0.1, 0.15) is 5.75 Å². The van der Waals surface area contributed by atoms with E-state index >= 15 is 0 Å².